The van der Waals surface area contributed by atoms with Gasteiger partial charge in [0.15, 0.2) is 17.3 Å². The number of methoxy groups -OCH3 is 1. The number of ether oxygens (including phenoxy) is 3. The summed E-state index contributed by atoms with van der Waals surface area (Å²) in [7, 11) is 3.73. The second-order valence-corrected chi connectivity index (χ2v) is 11.0. The normalized spacial score (nSPS) is 22.0. The molecule has 2 heterocycles. The largest absolute Gasteiger partial charge is 0.492 e. The molecule has 0 aromatic heterocycles. The smallest absolute Gasteiger partial charge is 0.231 e. The molecule has 1 aromatic rings. The Morgan fingerprint density at radius 2 is 2.09 bits per heavy atom. The van der Waals surface area contributed by atoms with E-state index in [0.717, 1.165) is 37.1 Å². The highest BCUT2D eigenvalue weighted by molar-refractivity contribution is 5.90. The maximum absolute atomic E-state index is 13.0. The number of allylic oxidation sites excluding steroid dienone is 6. The van der Waals surface area contributed by atoms with Crippen molar-refractivity contribution in [3.63, 3.8) is 0 Å². The van der Waals surface area contributed by atoms with Gasteiger partial charge in [-0.2, -0.15) is 0 Å². The van der Waals surface area contributed by atoms with E-state index < -0.39 is 0 Å². The van der Waals surface area contributed by atoms with Crippen molar-refractivity contribution in [3.8, 4) is 17.2 Å². The van der Waals surface area contributed by atoms with Gasteiger partial charge >= 0.3 is 0 Å². The van der Waals surface area contributed by atoms with E-state index in [-0.39, 0.29) is 18.6 Å². The molecule has 0 radical (unpaired) electrons. The quantitative estimate of drug-likeness (QED) is 0.235. The molecule has 5 heteroatoms. The van der Waals surface area contributed by atoms with Crippen molar-refractivity contribution in [2.24, 2.45) is 5.41 Å². The fraction of sp³-hybridized carbons (Fsp3) is 0.567. The van der Waals surface area contributed by atoms with Gasteiger partial charge in [-0.15, -0.1) is 0 Å². The van der Waals surface area contributed by atoms with Gasteiger partial charge < -0.3 is 14.2 Å². The van der Waals surface area contributed by atoms with Crippen molar-refractivity contribution < 1.29 is 19.0 Å². The van der Waals surface area contributed by atoms with Crippen LogP contribution in [0.15, 0.2) is 41.0 Å². The van der Waals surface area contributed by atoms with Crippen LogP contribution in [0.5, 0.6) is 17.2 Å². The molecule has 4 rings (SSSR count). The van der Waals surface area contributed by atoms with Crippen LogP contribution < -0.4 is 14.2 Å². The zero-order valence-corrected chi connectivity index (χ0v) is 22.3. The Balaban J connectivity index is 1.42. The fourth-order valence-electron chi connectivity index (χ4n) is 5.99. The Morgan fingerprint density at radius 1 is 1.29 bits per heavy atom. The minimum absolute atomic E-state index is 0.0473. The summed E-state index contributed by atoms with van der Waals surface area (Å²) >= 11 is 0. The lowest BCUT2D eigenvalue weighted by Crippen LogP contribution is -2.33. The van der Waals surface area contributed by atoms with E-state index in [2.05, 4.69) is 51.8 Å². The molecule has 0 N–H and O–H groups in total. The number of carbonyl (C=O) groups excluding carboxylic acids is 1. The Labute approximate surface area is 210 Å². The van der Waals surface area contributed by atoms with Gasteiger partial charge in [0.25, 0.3) is 0 Å². The van der Waals surface area contributed by atoms with Crippen molar-refractivity contribution >= 4 is 5.78 Å². The molecule has 3 aliphatic rings. The molecular formula is C30H41NO4. The molecule has 0 unspecified atom stereocenters. The van der Waals surface area contributed by atoms with E-state index in [4.69, 9.17) is 14.2 Å². The molecule has 5 nitrogen and oxygen atoms in total. The lowest BCUT2D eigenvalue weighted by Gasteiger charge is -2.35. The molecule has 1 atom stereocenters. The highest BCUT2D eigenvalue weighted by atomic mass is 16.7. The molecule has 0 saturated heterocycles. The van der Waals surface area contributed by atoms with E-state index in [9.17, 15) is 4.79 Å². The van der Waals surface area contributed by atoms with E-state index in [0.29, 0.717) is 23.3 Å². The van der Waals surface area contributed by atoms with Crippen LogP contribution in [0.4, 0.5) is 0 Å². The topological polar surface area (TPSA) is 48.0 Å². The summed E-state index contributed by atoms with van der Waals surface area (Å²) in [6.45, 7) is 10.3. The highest BCUT2D eigenvalue weighted by Crippen LogP contribution is 2.50. The first kappa shape index (κ1) is 25.6. The van der Waals surface area contributed by atoms with E-state index in [1.165, 1.54) is 30.4 Å². The van der Waals surface area contributed by atoms with Crippen LogP contribution in [0.3, 0.4) is 0 Å². The third-order valence-electron chi connectivity index (χ3n) is 8.06. The number of rotatable bonds is 8. The summed E-state index contributed by atoms with van der Waals surface area (Å²) < 4.78 is 17.0. The Bertz CT molecular complexity index is 1060. The fourth-order valence-corrected chi connectivity index (χ4v) is 5.99. The van der Waals surface area contributed by atoms with Crippen molar-refractivity contribution in [2.45, 2.75) is 78.7 Å². The second kappa shape index (κ2) is 10.6. The maximum Gasteiger partial charge on any atom is 0.231 e. The molecule has 190 valence electrons. The third-order valence-corrected chi connectivity index (χ3v) is 8.06. The van der Waals surface area contributed by atoms with Gasteiger partial charge in [-0.05, 0) is 82.5 Å². The lowest BCUT2D eigenvalue weighted by molar-refractivity contribution is -0.115. The number of carbonyl (C=O) groups is 1. The minimum atomic E-state index is -0.0473. The van der Waals surface area contributed by atoms with Gasteiger partial charge in [0.2, 0.25) is 12.5 Å². The summed E-state index contributed by atoms with van der Waals surface area (Å²) in [6, 6.07) is 2.01. The van der Waals surface area contributed by atoms with Gasteiger partial charge in [-0.1, -0.05) is 42.7 Å². The average Bonchev–Trinajstić information content (AvgIpc) is 3.27. The van der Waals surface area contributed by atoms with Crippen LogP contribution in [0.25, 0.3) is 0 Å². The highest BCUT2D eigenvalue weighted by Gasteiger charge is 2.34. The van der Waals surface area contributed by atoms with Gasteiger partial charge in [-0.25, -0.2) is 0 Å². The first-order valence-electron chi connectivity index (χ1n) is 13.0. The average molecular weight is 480 g/mol. The zero-order chi connectivity index (χ0) is 25.2. The SMILES string of the molecule is COc1c2c(cc3c1[C@@H](CC(=O)/C=C/C=C(\C)CCC1=C(C)CCCC1(C)C)N(C)CC3)OCO2. The molecule has 35 heavy (non-hydrogen) atoms. The Morgan fingerprint density at radius 3 is 2.83 bits per heavy atom. The summed E-state index contributed by atoms with van der Waals surface area (Å²) in [4.78, 5) is 15.2. The summed E-state index contributed by atoms with van der Waals surface area (Å²) in [5.74, 6) is 2.21. The molecular weight excluding hydrogens is 438 g/mol. The standard InChI is InChI=1S/C30H41NO4/c1-20(12-13-24-21(2)10-8-15-30(24,3)4)9-7-11-23(32)18-25-27-22(14-16-31(25)5)17-26-28(29(27)33-6)35-19-34-26/h7,9,11,17,25H,8,10,12-16,18-19H2,1-6H3/b11-7+,20-9+/t25-/m1/s1. The number of fused-ring (bicyclic) bond motifs is 2. The molecule has 1 aromatic carbocycles. The number of ketones is 1. The first-order valence-corrected chi connectivity index (χ1v) is 13.0. The summed E-state index contributed by atoms with van der Waals surface area (Å²) in [6.07, 6.45) is 13.0. The van der Waals surface area contributed by atoms with Crippen molar-refractivity contribution in [1.82, 2.24) is 4.90 Å². The van der Waals surface area contributed by atoms with Crippen LogP contribution >= 0.6 is 0 Å². The molecule has 0 saturated carbocycles. The van der Waals surface area contributed by atoms with E-state index in [1.54, 1.807) is 24.3 Å². The predicted octanol–water partition coefficient (Wildman–Crippen LogP) is 6.72. The Kier molecular flexibility index (Phi) is 7.75. The first-order chi connectivity index (χ1) is 16.7. The van der Waals surface area contributed by atoms with Gasteiger partial charge in [0.1, 0.15) is 0 Å². The number of benzene rings is 1. The second-order valence-electron chi connectivity index (χ2n) is 11.0. The molecule has 0 amide bonds. The molecule has 0 fully saturated rings. The molecule has 2 aliphatic heterocycles. The number of nitrogens with zero attached hydrogens (tertiary/aromatic N) is 1. The predicted molar refractivity (Wildman–Crippen MR) is 140 cm³/mol. The lowest BCUT2D eigenvalue weighted by atomic mass is 9.71. The summed E-state index contributed by atoms with van der Waals surface area (Å²) in [5, 5.41) is 0. The van der Waals surface area contributed by atoms with Crippen molar-refractivity contribution in [3.05, 3.63) is 52.1 Å². The van der Waals surface area contributed by atoms with Crippen LogP contribution in [0.2, 0.25) is 0 Å². The van der Waals surface area contributed by atoms with Gasteiger partial charge in [-0.3, -0.25) is 9.69 Å². The van der Waals surface area contributed by atoms with Gasteiger partial charge in [0, 0.05) is 24.6 Å². The summed E-state index contributed by atoms with van der Waals surface area (Å²) in [5.41, 5.74) is 7.06. The number of likely N-dealkylation sites (N-methyl/N-ethyl adjacent to an activating group) is 1. The monoisotopic (exact) mass is 479 g/mol. The van der Waals surface area contributed by atoms with Crippen LogP contribution in [-0.2, 0) is 11.2 Å². The molecule has 1 aliphatic carbocycles. The van der Waals surface area contributed by atoms with Crippen LogP contribution in [0.1, 0.15) is 83.4 Å². The maximum atomic E-state index is 13.0. The Hall–Kier alpha value is -2.53. The van der Waals surface area contributed by atoms with E-state index in [1.807, 2.05) is 6.08 Å². The zero-order valence-electron chi connectivity index (χ0n) is 22.3. The van der Waals surface area contributed by atoms with E-state index >= 15 is 0 Å². The minimum Gasteiger partial charge on any atom is -0.492 e. The van der Waals surface area contributed by atoms with Gasteiger partial charge in [0.05, 0.1) is 7.11 Å². The van der Waals surface area contributed by atoms with Crippen LogP contribution in [-0.4, -0.2) is 38.2 Å². The molecule has 0 bridgehead atoms. The third kappa shape index (κ3) is 5.50. The van der Waals surface area contributed by atoms with Crippen molar-refractivity contribution in [1.29, 1.82) is 0 Å². The molecule has 0 spiro atoms. The van der Waals surface area contributed by atoms with Crippen LogP contribution in [0, 0.1) is 5.41 Å². The van der Waals surface area contributed by atoms with Crippen molar-refractivity contribution in [2.75, 3.05) is 27.5 Å². The number of hydrogen-bond donors (Lipinski definition) is 0. The number of hydrogen-bond acceptors (Lipinski definition) is 5.